The summed E-state index contributed by atoms with van der Waals surface area (Å²) in [6, 6.07) is 3.60. The number of hydrogen-bond acceptors (Lipinski definition) is 4. The maximum atomic E-state index is 12.4. The van der Waals surface area contributed by atoms with Crippen LogP contribution in [0, 0.1) is 13.8 Å². The van der Waals surface area contributed by atoms with Gasteiger partial charge in [0, 0.05) is 38.5 Å². The fraction of sp³-hybridized carbons (Fsp3) is 0.588. The molecule has 3 heterocycles. The molecule has 3 amide bonds. The lowest BCUT2D eigenvalue weighted by molar-refractivity contribution is -0.142. The Morgan fingerprint density at radius 3 is 2.50 bits per heavy atom. The Hall–Kier alpha value is -2.15. The van der Waals surface area contributed by atoms with Gasteiger partial charge in [-0.3, -0.25) is 9.78 Å². The molecule has 1 unspecified atom stereocenters. The largest absolute Gasteiger partial charge is 0.368 e. The van der Waals surface area contributed by atoms with Crippen molar-refractivity contribution in [1.29, 1.82) is 0 Å². The highest BCUT2D eigenvalue weighted by Crippen LogP contribution is 2.17. The van der Waals surface area contributed by atoms with E-state index < -0.39 is 0 Å². The fourth-order valence-electron chi connectivity index (χ4n) is 3.12. The Morgan fingerprint density at radius 2 is 1.88 bits per heavy atom. The van der Waals surface area contributed by atoms with Crippen molar-refractivity contribution in [2.75, 3.05) is 38.1 Å². The van der Waals surface area contributed by atoms with Gasteiger partial charge in [-0.15, -0.1) is 0 Å². The van der Waals surface area contributed by atoms with E-state index in [0.717, 1.165) is 29.9 Å². The van der Waals surface area contributed by atoms with Gasteiger partial charge in [0.05, 0.1) is 11.4 Å². The summed E-state index contributed by atoms with van der Waals surface area (Å²) >= 11 is 0. The molecule has 2 saturated heterocycles. The number of piperazine rings is 1. The van der Waals surface area contributed by atoms with Crippen molar-refractivity contribution in [2.45, 2.75) is 32.8 Å². The highest BCUT2D eigenvalue weighted by molar-refractivity contribution is 5.90. The molecule has 7 nitrogen and oxygen atoms in total. The molecule has 2 fully saturated rings. The molecule has 2 aliphatic rings. The maximum Gasteiger partial charge on any atom is 0.322 e. The van der Waals surface area contributed by atoms with Crippen molar-refractivity contribution in [1.82, 2.24) is 14.8 Å². The van der Waals surface area contributed by atoms with E-state index in [9.17, 15) is 9.59 Å². The van der Waals surface area contributed by atoms with Crippen molar-refractivity contribution >= 4 is 17.6 Å². The number of amides is 3. The number of hydrogen-bond donors (Lipinski definition) is 1. The van der Waals surface area contributed by atoms with E-state index in [4.69, 9.17) is 4.74 Å². The van der Waals surface area contributed by atoms with E-state index in [0.29, 0.717) is 32.8 Å². The summed E-state index contributed by atoms with van der Waals surface area (Å²) in [7, 11) is 0. The van der Waals surface area contributed by atoms with Crippen LogP contribution in [-0.4, -0.2) is 65.6 Å². The summed E-state index contributed by atoms with van der Waals surface area (Å²) in [5, 5.41) is 2.90. The number of anilines is 1. The highest BCUT2D eigenvalue weighted by Gasteiger charge is 2.31. The van der Waals surface area contributed by atoms with Crippen LogP contribution in [0.1, 0.15) is 24.2 Å². The topological polar surface area (TPSA) is 74.8 Å². The molecule has 0 saturated carbocycles. The Kier molecular flexibility index (Phi) is 4.99. The molecule has 24 heavy (non-hydrogen) atoms. The number of nitrogens with one attached hydrogen (secondary N) is 1. The molecule has 0 aromatic carbocycles. The van der Waals surface area contributed by atoms with Gasteiger partial charge in [-0.05, 0) is 38.8 Å². The second kappa shape index (κ2) is 7.17. The van der Waals surface area contributed by atoms with Crippen LogP contribution in [0.3, 0.4) is 0 Å². The average Bonchev–Trinajstić information content (AvgIpc) is 3.11. The van der Waals surface area contributed by atoms with Gasteiger partial charge in [-0.2, -0.15) is 0 Å². The van der Waals surface area contributed by atoms with Crippen molar-refractivity contribution < 1.29 is 14.3 Å². The zero-order valence-electron chi connectivity index (χ0n) is 14.2. The fourth-order valence-corrected chi connectivity index (χ4v) is 3.12. The zero-order chi connectivity index (χ0) is 17.1. The Balaban J connectivity index is 1.52. The molecule has 1 aromatic rings. The Morgan fingerprint density at radius 1 is 1.17 bits per heavy atom. The lowest BCUT2D eigenvalue weighted by Crippen LogP contribution is -2.53. The molecule has 3 rings (SSSR count). The van der Waals surface area contributed by atoms with Crippen molar-refractivity contribution in [3.8, 4) is 0 Å². The van der Waals surface area contributed by atoms with Crippen molar-refractivity contribution in [3.63, 3.8) is 0 Å². The quantitative estimate of drug-likeness (QED) is 0.892. The van der Waals surface area contributed by atoms with Gasteiger partial charge in [-0.1, -0.05) is 0 Å². The molecule has 0 spiro atoms. The molecule has 1 atom stereocenters. The van der Waals surface area contributed by atoms with E-state index in [1.54, 1.807) is 9.80 Å². The number of aryl methyl sites for hydroxylation is 2. The smallest absolute Gasteiger partial charge is 0.322 e. The number of carbonyl (C=O) groups is 2. The standard InChI is InChI=1S/C17H24N4O3/c1-12-5-6-14(13(2)18-12)19-17(23)21-9-7-20(8-10-21)16(22)15-4-3-11-24-15/h5-6,15H,3-4,7-11H2,1-2H3,(H,19,23). The summed E-state index contributed by atoms with van der Waals surface area (Å²) in [5.41, 5.74) is 2.45. The number of ether oxygens (including phenoxy) is 1. The number of aromatic nitrogens is 1. The van der Waals surface area contributed by atoms with Gasteiger partial charge in [0.2, 0.25) is 0 Å². The minimum atomic E-state index is -0.286. The molecule has 0 aliphatic carbocycles. The normalized spacial score (nSPS) is 21.0. The molecule has 1 N–H and O–H groups in total. The van der Waals surface area contributed by atoms with Gasteiger partial charge >= 0.3 is 6.03 Å². The zero-order valence-corrected chi connectivity index (χ0v) is 14.2. The van der Waals surface area contributed by atoms with E-state index in [1.807, 2.05) is 26.0 Å². The molecule has 130 valence electrons. The van der Waals surface area contributed by atoms with Crippen LogP contribution in [-0.2, 0) is 9.53 Å². The summed E-state index contributed by atoms with van der Waals surface area (Å²) in [6.07, 6.45) is 1.47. The van der Waals surface area contributed by atoms with Gasteiger partial charge < -0.3 is 19.9 Å². The van der Waals surface area contributed by atoms with E-state index in [-0.39, 0.29) is 18.0 Å². The number of rotatable bonds is 2. The van der Waals surface area contributed by atoms with Gasteiger partial charge in [0.1, 0.15) is 6.10 Å². The van der Waals surface area contributed by atoms with Crippen LogP contribution in [0.4, 0.5) is 10.5 Å². The van der Waals surface area contributed by atoms with Gasteiger partial charge in [-0.25, -0.2) is 4.79 Å². The third-order valence-corrected chi connectivity index (χ3v) is 4.55. The summed E-state index contributed by atoms with van der Waals surface area (Å²) < 4.78 is 5.45. The van der Waals surface area contributed by atoms with Crippen LogP contribution in [0.2, 0.25) is 0 Å². The van der Waals surface area contributed by atoms with Crippen molar-refractivity contribution in [3.05, 3.63) is 23.5 Å². The molecule has 0 radical (unpaired) electrons. The summed E-state index contributed by atoms with van der Waals surface area (Å²) in [5.74, 6) is 0.0612. The first-order valence-electron chi connectivity index (χ1n) is 8.45. The minimum Gasteiger partial charge on any atom is -0.368 e. The minimum absolute atomic E-state index is 0.0612. The molecule has 0 bridgehead atoms. The molecule has 1 aromatic heterocycles. The van der Waals surface area contributed by atoms with Crippen LogP contribution in [0.5, 0.6) is 0 Å². The molecular formula is C17H24N4O3. The third-order valence-electron chi connectivity index (χ3n) is 4.55. The van der Waals surface area contributed by atoms with Gasteiger partial charge in [0.15, 0.2) is 0 Å². The van der Waals surface area contributed by atoms with E-state index in [2.05, 4.69) is 10.3 Å². The Bertz CT molecular complexity index is 620. The highest BCUT2D eigenvalue weighted by atomic mass is 16.5. The van der Waals surface area contributed by atoms with Gasteiger partial charge in [0.25, 0.3) is 5.91 Å². The summed E-state index contributed by atoms with van der Waals surface area (Å²) in [4.78, 5) is 32.6. The average molecular weight is 332 g/mol. The molecule has 7 heteroatoms. The summed E-state index contributed by atoms with van der Waals surface area (Å²) in [6.45, 7) is 6.63. The van der Waals surface area contributed by atoms with Crippen LogP contribution < -0.4 is 5.32 Å². The first-order chi connectivity index (χ1) is 11.5. The maximum absolute atomic E-state index is 12.4. The van der Waals surface area contributed by atoms with Crippen molar-refractivity contribution in [2.24, 2.45) is 0 Å². The monoisotopic (exact) mass is 332 g/mol. The second-order valence-electron chi connectivity index (χ2n) is 6.33. The predicted molar refractivity (Wildman–Crippen MR) is 89.9 cm³/mol. The van der Waals surface area contributed by atoms with Crippen LogP contribution in [0.25, 0.3) is 0 Å². The third kappa shape index (κ3) is 3.67. The number of urea groups is 1. The first-order valence-corrected chi connectivity index (χ1v) is 8.45. The molecular weight excluding hydrogens is 308 g/mol. The number of pyridine rings is 1. The van der Waals surface area contributed by atoms with E-state index in [1.165, 1.54) is 0 Å². The lowest BCUT2D eigenvalue weighted by atomic mass is 10.2. The second-order valence-corrected chi connectivity index (χ2v) is 6.33. The lowest BCUT2D eigenvalue weighted by Gasteiger charge is -2.35. The number of carbonyl (C=O) groups excluding carboxylic acids is 2. The van der Waals surface area contributed by atoms with Crippen LogP contribution in [0.15, 0.2) is 12.1 Å². The van der Waals surface area contributed by atoms with E-state index >= 15 is 0 Å². The molecule has 2 aliphatic heterocycles. The SMILES string of the molecule is Cc1ccc(NC(=O)N2CCN(C(=O)C3CCCO3)CC2)c(C)n1. The van der Waals surface area contributed by atoms with Crippen LogP contribution >= 0.6 is 0 Å². The number of nitrogens with zero attached hydrogens (tertiary/aromatic N) is 3. The first kappa shape index (κ1) is 16.7. The predicted octanol–water partition coefficient (Wildman–Crippen LogP) is 1.55. The Labute approximate surface area is 142 Å².